The second-order valence-electron chi connectivity index (χ2n) is 6.36. The van der Waals surface area contributed by atoms with Gasteiger partial charge in [-0.15, -0.1) is 0 Å². The molecule has 0 aliphatic carbocycles. The van der Waals surface area contributed by atoms with E-state index >= 15 is 0 Å². The predicted molar refractivity (Wildman–Crippen MR) is 73.6 cm³/mol. The molecule has 4 nitrogen and oxygen atoms in total. The maximum Gasteiger partial charge on any atom is 0.246 e. The number of hydrogen-bond donors (Lipinski definition) is 1. The quantitative estimate of drug-likeness (QED) is 0.834. The number of ether oxygens (including phenoxy) is 1. The van der Waals surface area contributed by atoms with Crippen LogP contribution in [0.5, 0.6) is 0 Å². The molecule has 1 rings (SSSR count). The maximum absolute atomic E-state index is 11.6. The first-order valence-corrected chi connectivity index (χ1v) is 6.95. The second-order valence-corrected chi connectivity index (χ2v) is 6.36. The summed E-state index contributed by atoms with van der Waals surface area (Å²) in [6.45, 7) is 12.9. The van der Waals surface area contributed by atoms with E-state index in [1.807, 2.05) is 13.8 Å². The van der Waals surface area contributed by atoms with Crippen LogP contribution in [0.25, 0.3) is 0 Å². The van der Waals surface area contributed by atoms with Gasteiger partial charge in [-0.25, -0.2) is 0 Å². The van der Waals surface area contributed by atoms with E-state index in [1.54, 1.807) is 0 Å². The van der Waals surface area contributed by atoms with E-state index in [-0.39, 0.29) is 24.2 Å². The third-order valence-corrected chi connectivity index (χ3v) is 3.36. The van der Waals surface area contributed by atoms with Gasteiger partial charge in [-0.1, -0.05) is 0 Å². The molecule has 0 atom stereocenters. The minimum absolute atomic E-state index is 0.0120. The van der Waals surface area contributed by atoms with Crippen molar-refractivity contribution in [2.45, 2.75) is 65.1 Å². The van der Waals surface area contributed by atoms with E-state index in [0.717, 1.165) is 25.9 Å². The first kappa shape index (κ1) is 15.4. The first-order chi connectivity index (χ1) is 8.29. The minimum Gasteiger partial charge on any atom is -0.369 e. The molecule has 18 heavy (non-hydrogen) atoms. The van der Waals surface area contributed by atoms with Crippen LogP contribution in [0.15, 0.2) is 0 Å². The fourth-order valence-corrected chi connectivity index (χ4v) is 2.21. The molecule has 0 aromatic heterocycles. The highest BCUT2D eigenvalue weighted by Gasteiger charge is 2.27. The average Bonchev–Trinajstić information content (AvgIpc) is 2.26. The highest BCUT2D eigenvalue weighted by molar-refractivity contribution is 5.77. The Morgan fingerprint density at radius 2 is 1.89 bits per heavy atom. The van der Waals surface area contributed by atoms with Crippen molar-refractivity contribution in [3.05, 3.63) is 0 Å². The third-order valence-electron chi connectivity index (χ3n) is 3.36. The van der Waals surface area contributed by atoms with Crippen LogP contribution in [0.3, 0.4) is 0 Å². The number of rotatable bonds is 4. The van der Waals surface area contributed by atoms with E-state index in [2.05, 4.69) is 31.0 Å². The zero-order valence-electron chi connectivity index (χ0n) is 12.5. The molecule has 0 radical (unpaired) electrons. The number of carbonyl (C=O) groups is 1. The number of likely N-dealkylation sites (tertiary alicyclic amines) is 1. The van der Waals surface area contributed by atoms with Crippen molar-refractivity contribution in [2.75, 3.05) is 19.7 Å². The zero-order chi connectivity index (χ0) is 13.8. The molecule has 106 valence electrons. The third kappa shape index (κ3) is 5.36. The van der Waals surface area contributed by atoms with Crippen LogP contribution < -0.4 is 5.32 Å². The van der Waals surface area contributed by atoms with E-state index < -0.39 is 0 Å². The molecule has 0 spiro atoms. The van der Waals surface area contributed by atoms with Crippen molar-refractivity contribution in [1.29, 1.82) is 0 Å². The summed E-state index contributed by atoms with van der Waals surface area (Å²) >= 11 is 0. The summed E-state index contributed by atoms with van der Waals surface area (Å²) in [6, 6.07) is 0.312. The van der Waals surface area contributed by atoms with E-state index in [9.17, 15) is 4.79 Å². The van der Waals surface area contributed by atoms with Gasteiger partial charge in [0.15, 0.2) is 0 Å². The highest BCUT2D eigenvalue weighted by atomic mass is 16.5. The molecule has 0 aromatic carbocycles. The van der Waals surface area contributed by atoms with Crippen LogP contribution in [0.4, 0.5) is 0 Å². The lowest BCUT2D eigenvalue weighted by molar-refractivity contribution is -0.128. The molecule has 1 heterocycles. The van der Waals surface area contributed by atoms with Crippen LogP contribution in [0.2, 0.25) is 0 Å². The molecule has 0 unspecified atom stereocenters. The van der Waals surface area contributed by atoms with Crippen LogP contribution in [0, 0.1) is 0 Å². The van der Waals surface area contributed by atoms with Gasteiger partial charge in [-0.2, -0.15) is 0 Å². The van der Waals surface area contributed by atoms with Crippen molar-refractivity contribution in [3.8, 4) is 0 Å². The second kappa shape index (κ2) is 6.53. The number of amides is 1. The minimum atomic E-state index is 0.0120. The van der Waals surface area contributed by atoms with Crippen LogP contribution >= 0.6 is 0 Å². The molecule has 0 saturated carbocycles. The summed E-state index contributed by atoms with van der Waals surface area (Å²) in [5.41, 5.74) is 0.232. The summed E-state index contributed by atoms with van der Waals surface area (Å²) in [4.78, 5) is 14.1. The maximum atomic E-state index is 11.6. The summed E-state index contributed by atoms with van der Waals surface area (Å²) in [7, 11) is 0. The first-order valence-electron chi connectivity index (χ1n) is 6.95. The Morgan fingerprint density at radius 3 is 2.33 bits per heavy atom. The largest absolute Gasteiger partial charge is 0.369 e. The Balaban J connectivity index is 2.25. The van der Waals surface area contributed by atoms with E-state index in [1.165, 1.54) is 0 Å². The number of nitrogens with zero attached hydrogens (tertiary/aromatic N) is 1. The van der Waals surface area contributed by atoms with Gasteiger partial charge >= 0.3 is 0 Å². The number of carbonyl (C=O) groups excluding carboxylic acids is 1. The Labute approximate surface area is 111 Å². The van der Waals surface area contributed by atoms with E-state index in [0.29, 0.717) is 6.04 Å². The van der Waals surface area contributed by atoms with Gasteiger partial charge in [-0.3, -0.25) is 9.69 Å². The van der Waals surface area contributed by atoms with Crippen molar-refractivity contribution < 1.29 is 9.53 Å². The smallest absolute Gasteiger partial charge is 0.246 e. The Kier molecular flexibility index (Phi) is 5.60. The molecular formula is C14H28N2O2. The number of hydrogen-bond acceptors (Lipinski definition) is 3. The van der Waals surface area contributed by atoms with Crippen LogP contribution in [-0.4, -0.2) is 48.2 Å². The normalized spacial score (nSPS) is 19.2. The molecule has 1 fully saturated rings. The molecule has 0 aromatic rings. The molecule has 4 heteroatoms. The Hall–Kier alpha value is -0.610. The van der Waals surface area contributed by atoms with Crippen molar-refractivity contribution in [3.63, 3.8) is 0 Å². The van der Waals surface area contributed by atoms with Gasteiger partial charge in [0.25, 0.3) is 0 Å². The summed E-state index contributed by atoms with van der Waals surface area (Å²) in [5, 5.41) is 3.06. The van der Waals surface area contributed by atoms with Gasteiger partial charge in [0, 0.05) is 24.7 Å². The Morgan fingerprint density at radius 1 is 1.33 bits per heavy atom. The average molecular weight is 256 g/mol. The molecule has 1 N–H and O–H groups in total. The van der Waals surface area contributed by atoms with Crippen molar-refractivity contribution >= 4 is 5.91 Å². The van der Waals surface area contributed by atoms with Gasteiger partial charge < -0.3 is 10.1 Å². The monoisotopic (exact) mass is 256 g/mol. The van der Waals surface area contributed by atoms with Gasteiger partial charge in [-0.05, 0) is 47.5 Å². The molecule has 1 amide bonds. The zero-order valence-corrected chi connectivity index (χ0v) is 12.5. The molecule has 1 aliphatic heterocycles. The van der Waals surface area contributed by atoms with E-state index in [4.69, 9.17) is 4.74 Å². The summed E-state index contributed by atoms with van der Waals surface area (Å²) < 4.78 is 5.30. The lowest BCUT2D eigenvalue weighted by atomic mass is 9.98. The summed E-state index contributed by atoms with van der Waals surface area (Å²) in [5.74, 6) is 0.0120. The molecule has 0 bridgehead atoms. The molecule has 1 saturated heterocycles. The summed E-state index contributed by atoms with van der Waals surface area (Å²) in [6.07, 6.45) is 2.17. The standard InChI is InChI=1S/C14H28N2O2/c1-11(2)18-10-13(17)15-12-6-8-16(9-7-12)14(3,4)5/h11-12H,6-10H2,1-5H3,(H,15,17). The fourth-order valence-electron chi connectivity index (χ4n) is 2.21. The predicted octanol–water partition coefficient (Wildman–Crippen LogP) is 1.79. The van der Waals surface area contributed by atoms with Crippen LogP contribution in [-0.2, 0) is 9.53 Å². The molecule has 1 aliphatic rings. The van der Waals surface area contributed by atoms with Gasteiger partial charge in [0.1, 0.15) is 6.61 Å². The lowest BCUT2D eigenvalue weighted by Gasteiger charge is -2.41. The van der Waals surface area contributed by atoms with Crippen molar-refractivity contribution in [2.24, 2.45) is 0 Å². The van der Waals surface area contributed by atoms with Crippen molar-refractivity contribution in [1.82, 2.24) is 10.2 Å². The number of nitrogens with one attached hydrogen (secondary N) is 1. The SMILES string of the molecule is CC(C)OCC(=O)NC1CCN(C(C)(C)C)CC1. The number of piperidine rings is 1. The topological polar surface area (TPSA) is 41.6 Å². The van der Waals surface area contributed by atoms with Gasteiger partial charge in [0.2, 0.25) is 5.91 Å². The lowest BCUT2D eigenvalue weighted by Crippen LogP contribution is -2.51. The van der Waals surface area contributed by atoms with Gasteiger partial charge in [0.05, 0.1) is 6.10 Å². The Bertz CT molecular complexity index is 263. The van der Waals surface area contributed by atoms with Crippen LogP contribution in [0.1, 0.15) is 47.5 Å². The fraction of sp³-hybridized carbons (Fsp3) is 0.929. The molecular weight excluding hydrogens is 228 g/mol. The highest BCUT2D eigenvalue weighted by Crippen LogP contribution is 2.19.